The molecule has 2 fully saturated rings. The summed E-state index contributed by atoms with van der Waals surface area (Å²) in [6, 6.07) is -0.525. The Morgan fingerprint density at radius 2 is 1.93 bits per heavy atom. The molecule has 4 rings (SSSR count). The molecule has 2 aliphatic rings. The van der Waals surface area contributed by atoms with Crippen molar-refractivity contribution >= 4 is 28.8 Å². The molecule has 1 saturated heterocycles. The lowest BCUT2D eigenvalue weighted by Gasteiger charge is -2.37. The maximum Gasteiger partial charge on any atom is 0.321 e. The van der Waals surface area contributed by atoms with Crippen LogP contribution >= 0.6 is 0 Å². The van der Waals surface area contributed by atoms with Crippen molar-refractivity contribution in [3.63, 3.8) is 0 Å². The molecule has 10 nitrogen and oxygen atoms in total. The van der Waals surface area contributed by atoms with E-state index < -0.39 is 6.03 Å². The smallest absolute Gasteiger partial charge is 0.321 e. The first-order valence-corrected chi connectivity index (χ1v) is 9.26. The first-order valence-electron chi connectivity index (χ1n) is 9.26. The molecule has 2 aromatic rings. The van der Waals surface area contributed by atoms with Crippen LogP contribution in [0.2, 0.25) is 0 Å². The number of carbonyl (C=O) groups excluding carboxylic acids is 2. The molecule has 10 heteroatoms. The molecule has 1 aliphatic heterocycles. The third-order valence-electron chi connectivity index (χ3n) is 5.20. The summed E-state index contributed by atoms with van der Waals surface area (Å²) in [5.74, 6) is 0.604. The molecule has 144 valence electrons. The number of nitrogens with one attached hydrogen (secondary N) is 2. The van der Waals surface area contributed by atoms with Gasteiger partial charge in [-0.3, -0.25) is 19.7 Å². The Labute approximate surface area is 156 Å². The zero-order valence-electron chi connectivity index (χ0n) is 15.6. The fourth-order valence-electron chi connectivity index (χ4n) is 3.35. The van der Waals surface area contributed by atoms with Crippen LogP contribution in [0.5, 0.6) is 0 Å². The van der Waals surface area contributed by atoms with Crippen molar-refractivity contribution < 1.29 is 9.59 Å². The van der Waals surface area contributed by atoms with Crippen molar-refractivity contribution in [1.29, 1.82) is 0 Å². The number of fused-ring (bicyclic) bond motifs is 1. The van der Waals surface area contributed by atoms with Crippen LogP contribution in [0.15, 0.2) is 12.5 Å². The summed E-state index contributed by atoms with van der Waals surface area (Å²) in [4.78, 5) is 37.1. The normalized spacial score (nSPS) is 19.1. The third-order valence-corrected chi connectivity index (χ3v) is 5.20. The van der Waals surface area contributed by atoms with Crippen molar-refractivity contribution in [3.8, 4) is 0 Å². The fourth-order valence-corrected chi connectivity index (χ4v) is 3.35. The highest BCUT2D eigenvalue weighted by molar-refractivity contribution is 5.97. The zero-order chi connectivity index (χ0) is 19.0. The number of aromatic nitrogens is 4. The maximum absolute atomic E-state index is 12.3. The number of hydrogen-bond acceptors (Lipinski definition) is 7. The number of rotatable bonds is 4. The zero-order valence-corrected chi connectivity index (χ0v) is 15.6. The number of anilines is 1. The van der Waals surface area contributed by atoms with E-state index in [9.17, 15) is 9.59 Å². The largest absolute Gasteiger partial charge is 0.353 e. The monoisotopic (exact) mass is 372 g/mol. The quantitative estimate of drug-likeness (QED) is 0.769. The van der Waals surface area contributed by atoms with Crippen LogP contribution in [-0.2, 0) is 11.8 Å². The second-order valence-electron chi connectivity index (χ2n) is 7.14. The molecule has 27 heavy (non-hydrogen) atoms. The molecule has 2 N–H and O–H groups in total. The van der Waals surface area contributed by atoms with E-state index >= 15 is 0 Å². The SMILES string of the molecule is CC(C(=O)NC(=O)NC1CC1)N1CCN(c2ncnc3c2cnn3C)CC1. The molecule has 0 radical (unpaired) electrons. The van der Waals surface area contributed by atoms with E-state index in [1.165, 1.54) is 0 Å². The van der Waals surface area contributed by atoms with Gasteiger partial charge in [0, 0.05) is 39.3 Å². The summed E-state index contributed by atoms with van der Waals surface area (Å²) in [5, 5.41) is 10.4. The number of piperazine rings is 1. The lowest BCUT2D eigenvalue weighted by Crippen LogP contribution is -2.55. The number of nitrogens with zero attached hydrogens (tertiary/aromatic N) is 6. The maximum atomic E-state index is 12.3. The Morgan fingerprint density at radius 1 is 1.19 bits per heavy atom. The molecule has 1 unspecified atom stereocenters. The predicted molar refractivity (Wildman–Crippen MR) is 99.2 cm³/mol. The van der Waals surface area contributed by atoms with E-state index in [0.29, 0.717) is 13.1 Å². The summed E-state index contributed by atoms with van der Waals surface area (Å²) >= 11 is 0. The molecule has 3 heterocycles. The second-order valence-corrected chi connectivity index (χ2v) is 7.14. The van der Waals surface area contributed by atoms with Gasteiger partial charge in [0.25, 0.3) is 0 Å². The minimum Gasteiger partial charge on any atom is -0.353 e. The van der Waals surface area contributed by atoms with Crippen LogP contribution < -0.4 is 15.5 Å². The highest BCUT2D eigenvalue weighted by Gasteiger charge is 2.29. The summed E-state index contributed by atoms with van der Waals surface area (Å²) < 4.78 is 1.73. The number of urea groups is 1. The van der Waals surface area contributed by atoms with Crippen molar-refractivity contribution in [2.24, 2.45) is 7.05 Å². The number of imide groups is 1. The van der Waals surface area contributed by atoms with E-state index in [1.807, 2.05) is 14.0 Å². The van der Waals surface area contributed by atoms with Crippen LogP contribution in [0.25, 0.3) is 11.0 Å². The van der Waals surface area contributed by atoms with E-state index in [2.05, 4.69) is 35.5 Å². The molecule has 1 atom stereocenters. The number of hydrogen-bond donors (Lipinski definition) is 2. The average molecular weight is 372 g/mol. The number of aryl methyl sites for hydroxylation is 1. The molecular formula is C17H24N8O2. The topological polar surface area (TPSA) is 108 Å². The predicted octanol–water partition coefficient (Wildman–Crippen LogP) is -0.138. The van der Waals surface area contributed by atoms with Gasteiger partial charge in [0.1, 0.15) is 12.1 Å². The Bertz CT molecular complexity index is 854. The molecule has 0 bridgehead atoms. The van der Waals surface area contributed by atoms with Gasteiger partial charge in [-0.1, -0.05) is 0 Å². The highest BCUT2D eigenvalue weighted by atomic mass is 16.2. The van der Waals surface area contributed by atoms with E-state index in [4.69, 9.17) is 0 Å². The van der Waals surface area contributed by atoms with Crippen molar-refractivity contribution in [2.75, 3.05) is 31.1 Å². The lowest BCUT2D eigenvalue weighted by atomic mass is 10.2. The molecule has 1 saturated carbocycles. The van der Waals surface area contributed by atoms with E-state index in [-0.39, 0.29) is 18.0 Å². The van der Waals surface area contributed by atoms with Crippen LogP contribution in [0.3, 0.4) is 0 Å². The van der Waals surface area contributed by atoms with Gasteiger partial charge in [0.05, 0.1) is 17.6 Å². The fraction of sp³-hybridized carbons (Fsp3) is 0.588. The number of amides is 3. The molecule has 3 amide bonds. The first kappa shape index (κ1) is 17.7. The first-order chi connectivity index (χ1) is 13.0. The van der Waals surface area contributed by atoms with Gasteiger partial charge in [-0.05, 0) is 19.8 Å². The molecule has 2 aromatic heterocycles. The summed E-state index contributed by atoms with van der Waals surface area (Å²) in [6.45, 7) is 4.74. The van der Waals surface area contributed by atoms with Gasteiger partial charge in [0.15, 0.2) is 5.65 Å². The minimum atomic E-state index is -0.395. The Kier molecular flexibility index (Phi) is 4.65. The van der Waals surface area contributed by atoms with Crippen LogP contribution in [0, 0.1) is 0 Å². The number of carbonyl (C=O) groups is 2. The van der Waals surface area contributed by atoms with Crippen LogP contribution in [-0.4, -0.2) is 74.8 Å². The van der Waals surface area contributed by atoms with Gasteiger partial charge in [-0.15, -0.1) is 0 Å². The van der Waals surface area contributed by atoms with Gasteiger partial charge in [-0.25, -0.2) is 14.8 Å². The standard InChI is InChI=1S/C17H24N8O2/c1-11(16(26)22-17(27)21-12-3-4-12)24-5-7-25(8-6-24)15-13-9-20-23(2)14(13)18-10-19-15/h9-12H,3-8H2,1-2H3,(H2,21,22,26,27). The lowest BCUT2D eigenvalue weighted by molar-refractivity contribution is -0.124. The van der Waals surface area contributed by atoms with Gasteiger partial charge >= 0.3 is 6.03 Å². The minimum absolute atomic E-state index is 0.230. The summed E-state index contributed by atoms with van der Waals surface area (Å²) in [7, 11) is 1.86. The molecular weight excluding hydrogens is 348 g/mol. The van der Waals surface area contributed by atoms with Gasteiger partial charge < -0.3 is 10.2 Å². The highest BCUT2D eigenvalue weighted by Crippen LogP contribution is 2.23. The molecule has 0 aromatic carbocycles. The van der Waals surface area contributed by atoms with E-state index in [1.54, 1.807) is 17.2 Å². The second kappa shape index (κ2) is 7.10. The Morgan fingerprint density at radius 3 is 2.63 bits per heavy atom. The van der Waals surface area contributed by atoms with Gasteiger partial charge in [-0.2, -0.15) is 5.10 Å². The van der Waals surface area contributed by atoms with Gasteiger partial charge in [0.2, 0.25) is 5.91 Å². The van der Waals surface area contributed by atoms with Crippen molar-refractivity contribution in [2.45, 2.75) is 31.8 Å². The summed E-state index contributed by atoms with van der Waals surface area (Å²) in [6.07, 6.45) is 5.32. The molecule has 0 spiro atoms. The third kappa shape index (κ3) is 3.70. The van der Waals surface area contributed by atoms with Crippen LogP contribution in [0.1, 0.15) is 19.8 Å². The average Bonchev–Trinajstić information content (AvgIpc) is 3.41. The Hall–Kier alpha value is -2.75. The summed E-state index contributed by atoms with van der Waals surface area (Å²) in [5.41, 5.74) is 0.803. The van der Waals surface area contributed by atoms with E-state index in [0.717, 1.165) is 42.8 Å². The molecule has 1 aliphatic carbocycles. The van der Waals surface area contributed by atoms with Crippen LogP contribution in [0.4, 0.5) is 10.6 Å². The van der Waals surface area contributed by atoms with Crippen molar-refractivity contribution in [1.82, 2.24) is 35.3 Å². The Balaban J connectivity index is 1.35. The van der Waals surface area contributed by atoms with Crippen molar-refractivity contribution in [3.05, 3.63) is 12.5 Å².